The fourth-order valence-corrected chi connectivity index (χ4v) is 3.76. The van der Waals surface area contributed by atoms with E-state index in [1.54, 1.807) is 25.2 Å². The van der Waals surface area contributed by atoms with Crippen LogP contribution in [0.5, 0.6) is 0 Å². The van der Waals surface area contributed by atoms with E-state index >= 15 is 0 Å². The first-order chi connectivity index (χ1) is 13.9. The highest BCUT2D eigenvalue weighted by Crippen LogP contribution is 2.28. The van der Waals surface area contributed by atoms with Gasteiger partial charge in [-0.2, -0.15) is 0 Å². The van der Waals surface area contributed by atoms with Crippen molar-refractivity contribution in [1.82, 2.24) is 5.32 Å². The Morgan fingerprint density at radius 1 is 1.00 bits per heavy atom. The molecule has 0 radical (unpaired) electrons. The van der Waals surface area contributed by atoms with Crippen LogP contribution >= 0.6 is 11.6 Å². The van der Waals surface area contributed by atoms with E-state index in [0.29, 0.717) is 28.4 Å². The zero-order chi connectivity index (χ0) is 20.5. The summed E-state index contributed by atoms with van der Waals surface area (Å²) in [6, 6.07) is 19.8. The van der Waals surface area contributed by atoms with Crippen LogP contribution in [-0.4, -0.2) is 24.9 Å². The number of benzene rings is 3. The number of amides is 2. The molecule has 0 saturated carbocycles. The van der Waals surface area contributed by atoms with E-state index in [1.807, 2.05) is 48.5 Å². The molecule has 0 spiro atoms. The number of nitrogen functional groups attached to an aromatic ring is 1. The lowest BCUT2D eigenvalue weighted by Crippen LogP contribution is -2.45. The van der Waals surface area contributed by atoms with Crippen LogP contribution in [0.15, 0.2) is 66.7 Å². The van der Waals surface area contributed by atoms with Crippen LogP contribution in [0.25, 0.3) is 11.1 Å². The van der Waals surface area contributed by atoms with E-state index < -0.39 is 6.04 Å². The minimum Gasteiger partial charge on any atom is -0.398 e. The summed E-state index contributed by atoms with van der Waals surface area (Å²) in [5.41, 5.74) is 10.6. The fraction of sp³-hybridized carbons (Fsp3) is 0.130. The molecular weight excluding hydrogens is 386 g/mol. The molecule has 0 bridgehead atoms. The lowest BCUT2D eigenvalue weighted by Gasteiger charge is -2.21. The third-order valence-corrected chi connectivity index (χ3v) is 5.40. The summed E-state index contributed by atoms with van der Waals surface area (Å²) in [7, 11) is 1.67. The van der Waals surface area contributed by atoms with Gasteiger partial charge in [0.05, 0.1) is 11.3 Å². The van der Waals surface area contributed by atoms with Gasteiger partial charge in [0.1, 0.15) is 6.04 Å². The molecule has 5 nitrogen and oxygen atoms in total. The van der Waals surface area contributed by atoms with Gasteiger partial charge in [0, 0.05) is 29.7 Å². The predicted octanol–water partition coefficient (Wildman–Crippen LogP) is 3.91. The number of hydrogen-bond acceptors (Lipinski definition) is 3. The number of carbonyl (C=O) groups is 2. The lowest BCUT2D eigenvalue weighted by molar-refractivity contribution is -0.120. The Morgan fingerprint density at radius 3 is 2.45 bits per heavy atom. The van der Waals surface area contributed by atoms with Crippen LogP contribution in [0.2, 0.25) is 5.02 Å². The van der Waals surface area contributed by atoms with Crippen molar-refractivity contribution < 1.29 is 9.59 Å². The minimum absolute atomic E-state index is 0.171. The van der Waals surface area contributed by atoms with Crippen molar-refractivity contribution >= 4 is 34.8 Å². The molecule has 6 heteroatoms. The second kappa shape index (κ2) is 7.60. The molecule has 3 aromatic carbocycles. The Bertz CT molecular complexity index is 1100. The Kier molecular flexibility index (Phi) is 4.99. The van der Waals surface area contributed by atoms with Gasteiger partial charge in [-0.3, -0.25) is 9.59 Å². The average Bonchev–Trinajstić information content (AvgIpc) is 2.80. The normalized spacial score (nSPS) is 16.2. The number of anilines is 2. The lowest BCUT2D eigenvalue weighted by atomic mass is 9.99. The first-order valence-electron chi connectivity index (χ1n) is 9.26. The number of nitrogens with two attached hydrogens (primary N) is 1. The number of nitrogens with one attached hydrogen (secondary N) is 1. The van der Waals surface area contributed by atoms with Gasteiger partial charge in [0.2, 0.25) is 5.91 Å². The number of rotatable bonds is 3. The fourth-order valence-electron chi connectivity index (χ4n) is 3.59. The summed E-state index contributed by atoms with van der Waals surface area (Å²) >= 11 is 6.03. The van der Waals surface area contributed by atoms with E-state index in [4.69, 9.17) is 17.3 Å². The Labute approximate surface area is 174 Å². The molecule has 29 heavy (non-hydrogen) atoms. The molecule has 0 fully saturated rings. The van der Waals surface area contributed by atoms with Crippen LogP contribution in [-0.2, 0) is 11.2 Å². The van der Waals surface area contributed by atoms with Gasteiger partial charge in [-0.05, 0) is 35.4 Å². The number of nitrogens with zero attached hydrogens (tertiary/aromatic N) is 1. The quantitative estimate of drug-likeness (QED) is 0.649. The van der Waals surface area contributed by atoms with E-state index in [-0.39, 0.29) is 11.8 Å². The van der Waals surface area contributed by atoms with Crippen molar-refractivity contribution in [1.29, 1.82) is 0 Å². The summed E-state index contributed by atoms with van der Waals surface area (Å²) in [5.74, 6) is -0.477. The summed E-state index contributed by atoms with van der Waals surface area (Å²) in [4.78, 5) is 27.1. The summed E-state index contributed by atoms with van der Waals surface area (Å²) in [5, 5.41) is 3.29. The average molecular weight is 406 g/mol. The van der Waals surface area contributed by atoms with Gasteiger partial charge in [0.15, 0.2) is 0 Å². The Morgan fingerprint density at radius 2 is 1.72 bits per heavy atom. The van der Waals surface area contributed by atoms with Crippen LogP contribution in [0.1, 0.15) is 15.9 Å². The second-order valence-corrected chi connectivity index (χ2v) is 7.51. The number of fused-ring (bicyclic) bond motifs is 1. The van der Waals surface area contributed by atoms with E-state index in [0.717, 1.165) is 16.7 Å². The zero-order valence-electron chi connectivity index (χ0n) is 15.9. The predicted molar refractivity (Wildman–Crippen MR) is 116 cm³/mol. The molecule has 1 unspecified atom stereocenters. The molecule has 1 aliphatic heterocycles. The van der Waals surface area contributed by atoms with Crippen LogP contribution < -0.4 is 16.0 Å². The molecule has 146 valence electrons. The number of likely N-dealkylation sites (N-methyl/N-ethyl adjacent to an activating group) is 1. The van der Waals surface area contributed by atoms with Crippen LogP contribution in [0, 0.1) is 0 Å². The highest BCUT2D eigenvalue weighted by molar-refractivity contribution is 6.31. The van der Waals surface area contributed by atoms with Gasteiger partial charge >= 0.3 is 0 Å². The van der Waals surface area contributed by atoms with Crippen molar-refractivity contribution in [2.24, 2.45) is 0 Å². The van der Waals surface area contributed by atoms with Crippen molar-refractivity contribution in [2.45, 2.75) is 12.5 Å². The summed E-state index contributed by atoms with van der Waals surface area (Å²) < 4.78 is 0. The number of para-hydroxylation sites is 1. The maximum absolute atomic E-state index is 12.9. The van der Waals surface area contributed by atoms with Crippen molar-refractivity contribution in [3.8, 4) is 11.1 Å². The zero-order valence-corrected chi connectivity index (χ0v) is 16.6. The first kappa shape index (κ1) is 19.0. The third-order valence-electron chi connectivity index (χ3n) is 5.16. The van der Waals surface area contributed by atoms with Gasteiger partial charge < -0.3 is 16.0 Å². The molecule has 1 atom stereocenters. The van der Waals surface area contributed by atoms with Crippen LogP contribution in [0.4, 0.5) is 11.4 Å². The number of hydrogen-bond donors (Lipinski definition) is 2. The third kappa shape index (κ3) is 3.69. The van der Waals surface area contributed by atoms with E-state index in [1.165, 1.54) is 4.90 Å². The summed E-state index contributed by atoms with van der Waals surface area (Å²) in [6.07, 6.45) is 0.390. The van der Waals surface area contributed by atoms with Gasteiger partial charge in [-0.15, -0.1) is 0 Å². The highest BCUT2D eigenvalue weighted by Gasteiger charge is 2.32. The van der Waals surface area contributed by atoms with Gasteiger partial charge in [-0.1, -0.05) is 54.1 Å². The second-order valence-electron chi connectivity index (χ2n) is 7.07. The van der Waals surface area contributed by atoms with Crippen molar-refractivity contribution in [3.05, 3.63) is 82.9 Å². The molecule has 1 aliphatic rings. The monoisotopic (exact) mass is 405 g/mol. The molecule has 3 aromatic rings. The molecule has 4 rings (SSSR count). The smallest absolute Gasteiger partial charge is 0.254 e. The van der Waals surface area contributed by atoms with E-state index in [2.05, 4.69) is 5.32 Å². The standard InChI is InChI=1S/C23H20ClN3O2/c1-27-21-11-10-16(24)13-18(21)22(28)26-20(23(27)29)12-14-6-8-15(9-7-14)17-4-2-3-5-19(17)25/h2-11,13,20H,12,25H2,1H3,(H,26,28). The van der Waals surface area contributed by atoms with Gasteiger partial charge in [0.25, 0.3) is 5.91 Å². The molecule has 1 heterocycles. The molecular formula is C23H20ClN3O2. The SMILES string of the molecule is CN1C(=O)C(Cc2ccc(-c3ccccc3N)cc2)NC(=O)c2cc(Cl)ccc21. The highest BCUT2D eigenvalue weighted by atomic mass is 35.5. The van der Waals surface area contributed by atoms with Crippen molar-refractivity contribution in [2.75, 3.05) is 17.7 Å². The number of carbonyl (C=O) groups excluding carboxylic acids is 2. The Balaban J connectivity index is 1.58. The molecule has 0 aliphatic carbocycles. The van der Waals surface area contributed by atoms with Gasteiger partial charge in [-0.25, -0.2) is 0 Å². The Hall–Kier alpha value is -3.31. The number of halogens is 1. The largest absolute Gasteiger partial charge is 0.398 e. The maximum atomic E-state index is 12.9. The molecule has 0 saturated heterocycles. The maximum Gasteiger partial charge on any atom is 0.254 e. The topological polar surface area (TPSA) is 75.4 Å². The first-order valence-corrected chi connectivity index (χ1v) is 9.63. The molecule has 2 amide bonds. The molecule has 3 N–H and O–H groups in total. The van der Waals surface area contributed by atoms with Crippen LogP contribution in [0.3, 0.4) is 0 Å². The summed E-state index contributed by atoms with van der Waals surface area (Å²) in [6.45, 7) is 0. The molecule has 0 aromatic heterocycles. The van der Waals surface area contributed by atoms with Crippen molar-refractivity contribution in [3.63, 3.8) is 0 Å². The van der Waals surface area contributed by atoms with E-state index in [9.17, 15) is 9.59 Å². The minimum atomic E-state index is -0.661.